The standard InChI is InChI=1S/C11H11F6NO/c12-10(13,14)6-3-1-2-5-7(19)4-8(11(15,16)17)18-9(5)6/h4-6,9,18H,1-3H2. The summed E-state index contributed by atoms with van der Waals surface area (Å²) in [6.07, 6.45) is -8.95. The molecule has 1 saturated carbocycles. The molecule has 0 aromatic rings. The van der Waals surface area contributed by atoms with Crippen LogP contribution >= 0.6 is 0 Å². The molecule has 108 valence electrons. The smallest absolute Gasteiger partial charge is 0.377 e. The minimum atomic E-state index is -4.84. The van der Waals surface area contributed by atoms with Crippen molar-refractivity contribution >= 4 is 5.78 Å². The van der Waals surface area contributed by atoms with Crippen LogP contribution in [-0.4, -0.2) is 24.2 Å². The first-order valence-electron chi connectivity index (χ1n) is 5.76. The van der Waals surface area contributed by atoms with Crippen molar-refractivity contribution in [3.63, 3.8) is 0 Å². The molecule has 3 atom stereocenters. The highest BCUT2D eigenvalue weighted by Crippen LogP contribution is 2.43. The zero-order valence-corrected chi connectivity index (χ0v) is 9.61. The maximum absolute atomic E-state index is 12.8. The van der Waals surface area contributed by atoms with Crippen molar-refractivity contribution in [3.8, 4) is 0 Å². The van der Waals surface area contributed by atoms with Crippen LogP contribution in [0.3, 0.4) is 0 Å². The van der Waals surface area contributed by atoms with Crippen LogP contribution in [-0.2, 0) is 4.79 Å². The SMILES string of the molecule is O=C1C=C(C(F)(F)F)NC2C1CCCC2C(F)(F)F. The molecular weight excluding hydrogens is 276 g/mol. The third kappa shape index (κ3) is 2.71. The molecule has 2 nitrogen and oxygen atoms in total. The van der Waals surface area contributed by atoms with Gasteiger partial charge in [-0.15, -0.1) is 0 Å². The molecule has 0 amide bonds. The van der Waals surface area contributed by atoms with Crippen molar-refractivity contribution in [2.45, 2.75) is 37.7 Å². The van der Waals surface area contributed by atoms with E-state index in [0.717, 1.165) is 0 Å². The second-order valence-electron chi connectivity index (χ2n) is 4.81. The molecule has 0 spiro atoms. The third-order valence-electron chi connectivity index (χ3n) is 3.60. The monoisotopic (exact) mass is 287 g/mol. The highest BCUT2D eigenvalue weighted by molar-refractivity contribution is 5.94. The van der Waals surface area contributed by atoms with Gasteiger partial charge in [0.1, 0.15) is 5.70 Å². The Labute approximate surface area is 104 Å². The van der Waals surface area contributed by atoms with Crippen LogP contribution < -0.4 is 5.32 Å². The maximum Gasteiger partial charge on any atom is 0.431 e. The third-order valence-corrected chi connectivity index (χ3v) is 3.60. The van der Waals surface area contributed by atoms with Crippen molar-refractivity contribution < 1.29 is 31.1 Å². The molecule has 0 aromatic carbocycles. The molecule has 0 radical (unpaired) electrons. The zero-order valence-electron chi connectivity index (χ0n) is 9.61. The molecule has 1 aliphatic carbocycles. The Kier molecular flexibility index (Phi) is 3.30. The van der Waals surface area contributed by atoms with E-state index in [1.165, 1.54) is 0 Å². The molecule has 0 bridgehead atoms. The summed E-state index contributed by atoms with van der Waals surface area (Å²) < 4.78 is 76.0. The minimum absolute atomic E-state index is 0.185. The van der Waals surface area contributed by atoms with Gasteiger partial charge in [0.05, 0.1) is 5.92 Å². The average molecular weight is 287 g/mol. The summed E-state index contributed by atoms with van der Waals surface area (Å²) in [7, 11) is 0. The second-order valence-corrected chi connectivity index (χ2v) is 4.81. The Balaban J connectivity index is 2.32. The predicted octanol–water partition coefficient (Wildman–Crippen LogP) is 2.95. The van der Waals surface area contributed by atoms with Gasteiger partial charge in [-0.05, 0) is 12.8 Å². The Bertz CT molecular complexity index is 410. The molecule has 2 aliphatic rings. The molecule has 2 rings (SSSR count). The number of fused-ring (bicyclic) bond motifs is 1. The van der Waals surface area contributed by atoms with Gasteiger partial charge < -0.3 is 5.32 Å². The Morgan fingerprint density at radius 1 is 1.11 bits per heavy atom. The van der Waals surface area contributed by atoms with Crippen LogP contribution in [0.2, 0.25) is 0 Å². The van der Waals surface area contributed by atoms with Gasteiger partial charge in [0.25, 0.3) is 0 Å². The molecule has 1 aliphatic heterocycles. The van der Waals surface area contributed by atoms with E-state index in [-0.39, 0.29) is 19.3 Å². The van der Waals surface area contributed by atoms with Crippen LogP contribution in [0, 0.1) is 11.8 Å². The number of alkyl halides is 6. The van der Waals surface area contributed by atoms with Crippen molar-refractivity contribution in [1.82, 2.24) is 5.32 Å². The maximum atomic E-state index is 12.8. The predicted molar refractivity (Wildman–Crippen MR) is 53.0 cm³/mol. The fraction of sp³-hybridized carbons (Fsp3) is 0.727. The number of nitrogens with one attached hydrogen (secondary N) is 1. The van der Waals surface area contributed by atoms with Crippen molar-refractivity contribution in [2.75, 3.05) is 0 Å². The van der Waals surface area contributed by atoms with Crippen molar-refractivity contribution in [3.05, 3.63) is 11.8 Å². The van der Waals surface area contributed by atoms with E-state index in [4.69, 9.17) is 0 Å². The minimum Gasteiger partial charge on any atom is -0.377 e. The summed E-state index contributed by atoms with van der Waals surface area (Å²) in [5.41, 5.74) is -1.38. The second kappa shape index (κ2) is 4.42. The number of allylic oxidation sites excluding steroid dienone is 2. The van der Waals surface area contributed by atoms with Crippen LogP contribution in [0.5, 0.6) is 0 Å². The number of carbonyl (C=O) groups is 1. The fourth-order valence-corrected chi connectivity index (χ4v) is 2.72. The zero-order chi connectivity index (χ0) is 14.4. The Morgan fingerprint density at radius 3 is 2.26 bits per heavy atom. The number of hydrogen-bond donors (Lipinski definition) is 1. The largest absolute Gasteiger partial charge is 0.431 e. The summed E-state index contributed by atoms with van der Waals surface area (Å²) in [4.78, 5) is 11.6. The van der Waals surface area contributed by atoms with Gasteiger partial charge in [-0.3, -0.25) is 4.79 Å². The van der Waals surface area contributed by atoms with E-state index in [2.05, 4.69) is 0 Å². The average Bonchev–Trinajstić information content (AvgIpc) is 2.25. The van der Waals surface area contributed by atoms with Gasteiger partial charge in [-0.2, -0.15) is 26.3 Å². The van der Waals surface area contributed by atoms with E-state index in [9.17, 15) is 31.1 Å². The van der Waals surface area contributed by atoms with Crippen molar-refractivity contribution in [1.29, 1.82) is 0 Å². The highest BCUT2D eigenvalue weighted by Gasteiger charge is 2.53. The lowest BCUT2D eigenvalue weighted by molar-refractivity contribution is -0.196. The van der Waals surface area contributed by atoms with E-state index in [1.807, 2.05) is 5.32 Å². The molecule has 1 heterocycles. The van der Waals surface area contributed by atoms with Gasteiger partial charge >= 0.3 is 12.4 Å². The van der Waals surface area contributed by atoms with Crippen molar-refractivity contribution in [2.24, 2.45) is 11.8 Å². The number of ketones is 1. The van der Waals surface area contributed by atoms with E-state index in [1.54, 1.807) is 0 Å². The topological polar surface area (TPSA) is 29.1 Å². The van der Waals surface area contributed by atoms with Crippen LogP contribution in [0.4, 0.5) is 26.3 Å². The summed E-state index contributed by atoms with van der Waals surface area (Å²) in [5.74, 6) is -3.81. The summed E-state index contributed by atoms with van der Waals surface area (Å²) in [6, 6.07) is -1.51. The van der Waals surface area contributed by atoms with Crippen LogP contribution in [0.25, 0.3) is 0 Å². The van der Waals surface area contributed by atoms with Gasteiger partial charge in [-0.1, -0.05) is 6.42 Å². The number of carbonyl (C=O) groups excluding carboxylic acids is 1. The molecule has 0 aromatic heterocycles. The number of rotatable bonds is 0. The van der Waals surface area contributed by atoms with Gasteiger partial charge in [0.2, 0.25) is 0 Å². The van der Waals surface area contributed by atoms with E-state index < -0.39 is 41.7 Å². The molecule has 1 fully saturated rings. The first-order valence-corrected chi connectivity index (χ1v) is 5.76. The summed E-state index contributed by atoms with van der Waals surface area (Å²) in [6.45, 7) is 0. The lowest BCUT2D eigenvalue weighted by Gasteiger charge is -2.41. The van der Waals surface area contributed by atoms with E-state index in [0.29, 0.717) is 6.08 Å². The summed E-state index contributed by atoms with van der Waals surface area (Å²) >= 11 is 0. The Hall–Kier alpha value is -1.21. The van der Waals surface area contributed by atoms with Gasteiger partial charge in [0, 0.05) is 18.0 Å². The molecule has 1 N–H and O–H groups in total. The summed E-state index contributed by atoms with van der Waals surface area (Å²) in [5, 5.41) is 1.88. The first kappa shape index (κ1) is 14.2. The highest BCUT2D eigenvalue weighted by atomic mass is 19.4. The lowest BCUT2D eigenvalue weighted by Crippen LogP contribution is -2.55. The molecule has 8 heteroatoms. The van der Waals surface area contributed by atoms with E-state index >= 15 is 0 Å². The molecule has 19 heavy (non-hydrogen) atoms. The van der Waals surface area contributed by atoms with Crippen LogP contribution in [0.1, 0.15) is 19.3 Å². The molecule has 0 saturated heterocycles. The molecular formula is C11H11F6NO. The van der Waals surface area contributed by atoms with Gasteiger partial charge in [-0.25, -0.2) is 0 Å². The fourth-order valence-electron chi connectivity index (χ4n) is 2.72. The van der Waals surface area contributed by atoms with Gasteiger partial charge in [0.15, 0.2) is 5.78 Å². The molecule has 3 unspecified atom stereocenters. The normalized spacial score (nSPS) is 32.4. The number of halogens is 6. The van der Waals surface area contributed by atoms with Crippen LogP contribution in [0.15, 0.2) is 11.8 Å². The Morgan fingerprint density at radius 2 is 1.74 bits per heavy atom. The first-order chi connectivity index (χ1) is 8.60. The lowest BCUT2D eigenvalue weighted by atomic mass is 9.73. The quantitative estimate of drug-likeness (QED) is 0.694. The number of hydrogen-bond acceptors (Lipinski definition) is 2.